The van der Waals surface area contributed by atoms with Gasteiger partial charge in [0.15, 0.2) is 5.65 Å². The van der Waals surface area contributed by atoms with E-state index in [4.69, 9.17) is 19.4 Å². The monoisotopic (exact) mass is 689 g/mol. The van der Waals surface area contributed by atoms with Gasteiger partial charge in [-0.3, -0.25) is 24.0 Å². The van der Waals surface area contributed by atoms with Crippen LogP contribution in [0.25, 0.3) is 5.65 Å². The molecule has 1 atom stereocenters. The van der Waals surface area contributed by atoms with Crippen molar-refractivity contribution < 1.29 is 28.2 Å². The van der Waals surface area contributed by atoms with Gasteiger partial charge < -0.3 is 14.6 Å². The highest BCUT2D eigenvalue weighted by molar-refractivity contribution is 5.76. The van der Waals surface area contributed by atoms with E-state index in [1.807, 2.05) is 19.9 Å². The van der Waals surface area contributed by atoms with Gasteiger partial charge in [0, 0.05) is 61.3 Å². The van der Waals surface area contributed by atoms with E-state index in [2.05, 4.69) is 26.1 Å². The SMILES string of the molecule is Cc1cnc([C@H](c2ccn3c(C(F)F)nnc3c2C)C(C)(C)C(=O)O)cc1CN1Cc2cc(C)c(OCCN3CCCC3)nc2OC2(CC2)C1. The molecule has 1 saturated heterocycles. The largest absolute Gasteiger partial charge is 0.481 e. The maximum absolute atomic E-state index is 13.6. The number of carboxylic acids is 1. The molecule has 1 aliphatic carbocycles. The molecule has 266 valence electrons. The molecule has 0 unspecified atom stereocenters. The number of rotatable bonds is 11. The van der Waals surface area contributed by atoms with E-state index in [9.17, 15) is 18.7 Å². The minimum atomic E-state index is -2.80. The summed E-state index contributed by atoms with van der Waals surface area (Å²) in [4.78, 5) is 27.2. The van der Waals surface area contributed by atoms with Crippen molar-refractivity contribution in [3.8, 4) is 11.8 Å². The van der Waals surface area contributed by atoms with Crippen molar-refractivity contribution in [1.82, 2.24) is 34.4 Å². The molecule has 2 aliphatic heterocycles. The average Bonchev–Trinajstić information content (AvgIpc) is 3.42. The minimum absolute atomic E-state index is 0.262. The highest BCUT2D eigenvalue weighted by atomic mass is 19.3. The Balaban J connectivity index is 1.18. The molecule has 6 heterocycles. The summed E-state index contributed by atoms with van der Waals surface area (Å²) in [7, 11) is 0. The number of aliphatic carboxylic acids is 1. The summed E-state index contributed by atoms with van der Waals surface area (Å²) >= 11 is 0. The Bertz CT molecular complexity index is 1920. The van der Waals surface area contributed by atoms with Crippen molar-refractivity contribution in [2.45, 2.75) is 91.3 Å². The molecule has 0 amide bonds. The Labute approximate surface area is 290 Å². The molecule has 4 aromatic rings. The third-order valence-corrected chi connectivity index (χ3v) is 10.7. The normalized spacial score (nSPS) is 18.3. The smallest absolute Gasteiger partial charge is 0.310 e. The van der Waals surface area contributed by atoms with Gasteiger partial charge >= 0.3 is 5.97 Å². The summed E-state index contributed by atoms with van der Waals surface area (Å²) in [5, 5.41) is 18.2. The van der Waals surface area contributed by atoms with Gasteiger partial charge in [-0.05, 0) is 114 Å². The molecule has 50 heavy (non-hydrogen) atoms. The molecule has 4 aromatic heterocycles. The number of hydrogen-bond acceptors (Lipinski definition) is 9. The van der Waals surface area contributed by atoms with Gasteiger partial charge in [0.05, 0.1) is 5.41 Å². The molecular formula is C37H45F2N7O4. The van der Waals surface area contributed by atoms with Crippen molar-refractivity contribution in [3.05, 3.63) is 75.5 Å². The Morgan fingerprint density at radius 2 is 1.86 bits per heavy atom. The van der Waals surface area contributed by atoms with Crippen LogP contribution in [0, 0.1) is 26.2 Å². The van der Waals surface area contributed by atoms with Gasteiger partial charge in [-0.15, -0.1) is 10.2 Å². The number of hydrogen-bond donors (Lipinski definition) is 1. The minimum Gasteiger partial charge on any atom is -0.481 e. The van der Waals surface area contributed by atoms with Crippen LogP contribution in [-0.2, 0) is 17.9 Å². The number of aromatic nitrogens is 5. The standard InChI is InChI=1S/C37H45F2N7O4/c1-22-16-26-20-45(21-37(9-10-37)50-34(26)41-33(22)49-15-14-44-11-6-7-12-44)19-25-17-28(40-18-23(25)2)29(36(4,5)35(47)48)27-8-13-46-31(24(27)3)42-43-32(46)30(38)39/h8,13,16-18,29-30H,6-7,9-12,14-15,19-21H2,1-5H3,(H,47,48)/t29-/m0/s1. The van der Waals surface area contributed by atoms with Crippen LogP contribution in [0.3, 0.4) is 0 Å². The number of alkyl halides is 2. The number of pyridine rings is 3. The third-order valence-electron chi connectivity index (χ3n) is 10.7. The molecule has 2 fully saturated rings. The average molecular weight is 690 g/mol. The summed E-state index contributed by atoms with van der Waals surface area (Å²) < 4.78 is 41.2. The van der Waals surface area contributed by atoms with E-state index >= 15 is 0 Å². The van der Waals surface area contributed by atoms with E-state index in [0.717, 1.165) is 61.3 Å². The summed E-state index contributed by atoms with van der Waals surface area (Å²) in [6.45, 7) is 14.8. The van der Waals surface area contributed by atoms with Crippen LogP contribution in [0.5, 0.6) is 11.8 Å². The van der Waals surface area contributed by atoms with E-state index in [0.29, 0.717) is 48.3 Å². The first-order chi connectivity index (χ1) is 23.8. The van der Waals surface area contributed by atoms with Crippen LogP contribution in [0.4, 0.5) is 8.78 Å². The molecule has 0 aromatic carbocycles. The van der Waals surface area contributed by atoms with Crippen LogP contribution in [0.1, 0.15) is 96.8 Å². The molecule has 1 saturated carbocycles. The first-order valence-electron chi connectivity index (χ1n) is 17.4. The van der Waals surface area contributed by atoms with Crippen LogP contribution in [0.2, 0.25) is 0 Å². The number of fused-ring (bicyclic) bond motifs is 2. The molecule has 1 N–H and O–H groups in total. The maximum Gasteiger partial charge on any atom is 0.310 e. The predicted molar refractivity (Wildman–Crippen MR) is 182 cm³/mol. The summed E-state index contributed by atoms with van der Waals surface area (Å²) in [5.74, 6) is -0.896. The molecule has 1 spiro atoms. The van der Waals surface area contributed by atoms with Crippen LogP contribution < -0.4 is 9.47 Å². The topological polar surface area (TPSA) is 118 Å². The fourth-order valence-corrected chi connectivity index (χ4v) is 7.49. The Hall–Kier alpha value is -4.23. The van der Waals surface area contributed by atoms with E-state index < -0.39 is 29.6 Å². The highest BCUT2D eigenvalue weighted by Crippen LogP contribution is 2.46. The lowest BCUT2D eigenvalue weighted by atomic mass is 9.71. The third kappa shape index (κ3) is 6.53. The van der Waals surface area contributed by atoms with Gasteiger partial charge in [0.2, 0.25) is 17.6 Å². The van der Waals surface area contributed by atoms with Crippen LogP contribution in [-0.4, -0.2) is 83.8 Å². The second-order valence-electron chi connectivity index (χ2n) is 14.8. The van der Waals surface area contributed by atoms with Gasteiger partial charge in [0.1, 0.15) is 12.2 Å². The zero-order valence-electron chi connectivity index (χ0n) is 29.4. The summed E-state index contributed by atoms with van der Waals surface area (Å²) in [6.07, 6.45) is 4.86. The van der Waals surface area contributed by atoms with E-state index in [1.165, 1.54) is 23.4 Å². The van der Waals surface area contributed by atoms with Crippen LogP contribution >= 0.6 is 0 Å². The van der Waals surface area contributed by atoms with Gasteiger partial charge in [-0.25, -0.2) is 8.78 Å². The lowest BCUT2D eigenvalue weighted by Crippen LogP contribution is -2.35. The molecule has 0 bridgehead atoms. The predicted octanol–water partition coefficient (Wildman–Crippen LogP) is 6.03. The lowest BCUT2D eigenvalue weighted by molar-refractivity contribution is -0.147. The van der Waals surface area contributed by atoms with Crippen molar-refractivity contribution in [3.63, 3.8) is 0 Å². The number of halogens is 2. The number of aryl methyl sites for hydroxylation is 3. The fraction of sp³-hybridized carbons (Fsp3) is 0.541. The lowest BCUT2D eigenvalue weighted by Gasteiger charge is -2.32. The zero-order valence-corrected chi connectivity index (χ0v) is 29.4. The fourth-order valence-electron chi connectivity index (χ4n) is 7.49. The number of carbonyl (C=O) groups is 1. The zero-order chi connectivity index (χ0) is 35.4. The first-order valence-corrected chi connectivity index (χ1v) is 17.4. The van der Waals surface area contributed by atoms with Gasteiger partial charge in [-0.2, -0.15) is 4.98 Å². The Morgan fingerprint density at radius 3 is 2.56 bits per heavy atom. The Kier molecular flexibility index (Phi) is 9.00. The second-order valence-corrected chi connectivity index (χ2v) is 14.8. The quantitative estimate of drug-likeness (QED) is 0.200. The molecule has 13 heteroatoms. The molecule has 3 aliphatic rings. The van der Waals surface area contributed by atoms with Gasteiger partial charge in [0.25, 0.3) is 6.43 Å². The van der Waals surface area contributed by atoms with Crippen LogP contribution in [0.15, 0.2) is 30.6 Å². The maximum atomic E-state index is 13.6. The number of carboxylic acid groups (broad SMARTS) is 1. The van der Waals surface area contributed by atoms with Crippen molar-refractivity contribution >= 4 is 11.6 Å². The molecule has 0 radical (unpaired) electrons. The molecule has 11 nitrogen and oxygen atoms in total. The Morgan fingerprint density at radius 1 is 1.10 bits per heavy atom. The first kappa shape index (κ1) is 34.2. The second kappa shape index (κ2) is 13.1. The number of ether oxygens (including phenoxy) is 2. The number of likely N-dealkylation sites (tertiary alicyclic amines) is 1. The van der Waals surface area contributed by atoms with Crippen molar-refractivity contribution in [1.29, 1.82) is 0 Å². The number of nitrogens with zero attached hydrogens (tertiary/aromatic N) is 7. The summed E-state index contributed by atoms with van der Waals surface area (Å²) in [5.41, 5.74) is 4.46. The highest BCUT2D eigenvalue weighted by Gasteiger charge is 2.49. The molecule has 7 rings (SSSR count). The summed E-state index contributed by atoms with van der Waals surface area (Å²) in [6, 6.07) is 5.81. The molecular weight excluding hydrogens is 644 g/mol. The van der Waals surface area contributed by atoms with E-state index in [-0.39, 0.29) is 11.2 Å². The van der Waals surface area contributed by atoms with E-state index in [1.54, 1.807) is 33.0 Å². The van der Waals surface area contributed by atoms with Crippen molar-refractivity contribution in [2.24, 2.45) is 5.41 Å². The van der Waals surface area contributed by atoms with Crippen molar-refractivity contribution in [2.75, 3.05) is 32.8 Å². The van der Waals surface area contributed by atoms with Gasteiger partial charge in [-0.1, -0.05) is 0 Å².